The fourth-order valence-corrected chi connectivity index (χ4v) is 5.05. The molecule has 1 amide bonds. The first-order chi connectivity index (χ1) is 18.4. The smallest absolute Gasteiger partial charge is 0.378 e. The van der Waals surface area contributed by atoms with Gasteiger partial charge in [0.05, 0.1) is 29.4 Å². The maximum absolute atomic E-state index is 15.4. The van der Waals surface area contributed by atoms with Crippen LogP contribution in [0.4, 0.5) is 23.2 Å². The van der Waals surface area contributed by atoms with Gasteiger partial charge < -0.3 is 29.2 Å². The van der Waals surface area contributed by atoms with Crippen LogP contribution in [0.1, 0.15) is 29.6 Å². The molecular weight excluding hydrogens is 518 g/mol. The van der Waals surface area contributed by atoms with Crippen LogP contribution < -0.4 is 10.6 Å². The highest BCUT2D eigenvalue weighted by Gasteiger charge is 2.39. The number of nitrogens with zero attached hydrogens (tertiary/aromatic N) is 5. The monoisotopic (exact) mass is 547 g/mol. The van der Waals surface area contributed by atoms with Crippen molar-refractivity contribution in [3.05, 3.63) is 54.2 Å². The number of benzene rings is 1. The molecule has 4 heterocycles. The summed E-state index contributed by atoms with van der Waals surface area (Å²) in [6, 6.07) is 7.60. The Labute approximate surface area is 221 Å². The van der Waals surface area contributed by atoms with Crippen LogP contribution in [0, 0.1) is 0 Å². The maximum Gasteiger partial charge on any atom is 0.406 e. The van der Waals surface area contributed by atoms with Crippen molar-refractivity contribution in [2.24, 2.45) is 7.05 Å². The van der Waals surface area contributed by atoms with Crippen LogP contribution in [0.2, 0.25) is 0 Å². The van der Waals surface area contributed by atoms with Gasteiger partial charge in [0.2, 0.25) is 11.7 Å². The standard InChI is InChI=1S/C26H29F4N7O2/c1-25(27)14-36(3)10-8-21(25)32-18-5-4-6-19-17(18)11-20(37(19)15-26(28,29)30)23-33-22(39-34-23)12-31-24(38)16-7-9-35(2)13-16/h4-7,9,11,13,21,32H,8,10,12,14-15H2,1-3H3,(H,31,38)/t21-,25+/m1/s1. The molecule has 5 rings (SSSR count). The highest BCUT2D eigenvalue weighted by atomic mass is 19.4. The van der Waals surface area contributed by atoms with E-state index in [2.05, 4.69) is 20.8 Å². The Morgan fingerprint density at radius 2 is 2.05 bits per heavy atom. The molecule has 2 N–H and O–H groups in total. The number of amides is 1. The molecule has 1 aliphatic rings. The van der Waals surface area contributed by atoms with Gasteiger partial charge in [-0.05, 0) is 44.7 Å². The average molecular weight is 548 g/mol. The van der Waals surface area contributed by atoms with Crippen molar-refractivity contribution in [1.82, 2.24) is 29.5 Å². The number of halogens is 4. The molecule has 0 unspecified atom stereocenters. The van der Waals surface area contributed by atoms with E-state index < -0.39 is 24.4 Å². The summed E-state index contributed by atoms with van der Waals surface area (Å²) in [4.78, 5) is 18.5. The highest BCUT2D eigenvalue weighted by Crippen LogP contribution is 2.36. The zero-order chi connectivity index (χ0) is 27.9. The number of aryl methyl sites for hydroxylation is 1. The quantitative estimate of drug-likeness (QED) is 0.334. The molecule has 0 saturated carbocycles. The van der Waals surface area contributed by atoms with E-state index >= 15 is 4.39 Å². The minimum atomic E-state index is -4.52. The summed E-state index contributed by atoms with van der Waals surface area (Å²) in [6.45, 7) is 1.09. The molecule has 1 aliphatic heterocycles. The molecule has 3 aromatic heterocycles. The molecule has 0 spiro atoms. The summed E-state index contributed by atoms with van der Waals surface area (Å²) in [7, 11) is 3.64. The summed E-state index contributed by atoms with van der Waals surface area (Å²) >= 11 is 0. The predicted molar refractivity (Wildman–Crippen MR) is 137 cm³/mol. The van der Waals surface area contributed by atoms with E-state index in [0.29, 0.717) is 35.1 Å². The Hall–Kier alpha value is -3.87. The van der Waals surface area contributed by atoms with E-state index in [1.807, 2.05) is 11.9 Å². The second kappa shape index (κ2) is 10.0. The van der Waals surface area contributed by atoms with Gasteiger partial charge in [-0.25, -0.2) is 4.39 Å². The Balaban J connectivity index is 1.45. The molecular formula is C26H29F4N7O2. The number of alkyl halides is 4. The van der Waals surface area contributed by atoms with Crippen molar-refractivity contribution >= 4 is 22.5 Å². The molecule has 4 aromatic rings. The number of nitrogens with one attached hydrogen (secondary N) is 2. The molecule has 1 saturated heterocycles. The first kappa shape index (κ1) is 26.7. The van der Waals surface area contributed by atoms with E-state index in [4.69, 9.17) is 4.52 Å². The van der Waals surface area contributed by atoms with Gasteiger partial charge in [0.25, 0.3) is 5.91 Å². The summed E-state index contributed by atoms with van der Waals surface area (Å²) in [5, 5.41) is 10.3. The molecule has 0 bridgehead atoms. The number of likely N-dealkylation sites (tertiary alicyclic amines) is 1. The van der Waals surface area contributed by atoms with Gasteiger partial charge in [-0.15, -0.1) is 0 Å². The molecule has 9 nitrogen and oxygen atoms in total. The first-order valence-corrected chi connectivity index (χ1v) is 12.5. The van der Waals surface area contributed by atoms with Crippen molar-refractivity contribution in [3.63, 3.8) is 0 Å². The lowest BCUT2D eigenvalue weighted by Crippen LogP contribution is -2.54. The van der Waals surface area contributed by atoms with Crippen molar-refractivity contribution in [1.29, 1.82) is 0 Å². The molecule has 39 heavy (non-hydrogen) atoms. The third-order valence-electron chi connectivity index (χ3n) is 6.91. The molecule has 1 aromatic carbocycles. The number of piperidine rings is 1. The second-order valence-corrected chi connectivity index (χ2v) is 10.2. The maximum atomic E-state index is 15.4. The van der Waals surface area contributed by atoms with Gasteiger partial charge in [-0.3, -0.25) is 4.79 Å². The molecule has 13 heteroatoms. The lowest BCUT2D eigenvalue weighted by molar-refractivity contribution is -0.139. The van der Waals surface area contributed by atoms with Crippen molar-refractivity contribution in [2.45, 2.75) is 44.3 Å². The van der Waals surface area contributed by atoms with Crippen molar-refractivity contribution in [3.8, 4) is 11.5 Å². The zero-order valence-electron chi connectivity index (χ0n) is 21.7. The van der Waals surface area contributed by atoms with E-state index in [-0.39, 0.29) is 36.4 Å². The number of hydrogen-bond acceptors (Lipinski definition) is 6. The van der Waals surface area contributed by atoms with Crippen LogP contribution in [0.25, 0.3) is 22.4 Å². The normalized spacial score (nSPS) is 20.4. The third kappa shape index (κ3) is 5.77. The number of hydrogen-bond donors (Lipinski definition) is 2. The van der Waals surface area contributed by atoms with Crippen LogP contribution in [0.3, 0.4) is 0 Å². The second-order valence-electron chi connectivity index (χ2n) is 10.2. The van der Waals surface area contributed by atoms with E-state index in [1.165, 1.54) is 6.92 Å². The van der Waals surface area contributed by atoms with Crippen molar-refractivity contribution in [2.75, 3.05) is 25.5 Å². The summed E-state index contributed by atoms with van der Waals surface area (Å²) in [5.41, 5.74) is -0.181. The van der Waals surface area contributed by atoms with Gasteiger partial charge in [-0.1, -0.05) is 11.2 Å². The first-order valence-electron chi connectivity index (χ1n) is 12.5. The third-order valence-corrected chi connectivity index (χ3v) is 6.91. The van der Waals surface area contributed by atoms with Crippen LogP contribution >= 0.6 is 0 Å². The number of carbonyl (C=O) groups excluding carboxylic acids is 1. The van der Waals surface area contributed by atoms with Gasteiger partial charge >= 0.3 is 6.18 Å². The number of carbonyl (C=O) groups is 1. The fourth-order valence-electron chi connectivity index (χ4n) is 5.05. The van der Waals surface area contributed by atoms with Crippen LogP contribution in [-0.2, 0) is 20.1 Å². The molecule has 208 valence electrons. The van der Waals surface area contributed by atoms with Crippen LogP contribution in [-0.4, -0.2) is 68.1 Å². The fraction of sp³-hybridized carbons (Fsp3) is 0.423. The lowest BCUT2D eigenvalue weighted by atomic mass is 9.90. The van der Waals surface area contributed by atoms with Gasteiger partial charge in [0.15, 0.2) is 0 Å². The Morgan fingerprint density at radius 1 is 1.26 bits per heavy atom. The lowest BCUT2D eigenvalue weighted by Gasteiger charge is -2.40. The van der Waals surface area contributed by atoms with Gasteiger partial charge in [0, 0.05) is 43.6 Å². The van der Waals surface area contributed by atoms with E-state index in [9.17, 15) is 18.0 Å². The Morgan fingerprint density at radius 3 is 2.74 bits per heavy atom. The SMILES string of the molecule is CN1CC[C@@H](Nc2cccc3c2cc(-c2noc(CNC(=O)c4ccn(C)c4)n2)n3CC(F)(F)F)[C@@](C)(F)C1. The Kier molecular flexibility index (Phi) is 6.87. The minimum absolute atomic E-state index is 0.0379. The molecule has 0 aliphatic carbocycles. The minimum Gasteiger partial charge on any atom is -0.378 e. The number of anilines is 1. The number of aromatic nitrogens is 4. The Bertz CT molecular complexity index is 1490. The summed E-state index contributed by atoms with van der Waals surface area (Å²) in [5.74, 6) is -0.373. The molecule has 1 fully saturated rings. The molecule has 2 atom stereocenters. The highest BCUT2D eigenvalue weighted by molar-refractivity contribution is 5.96. The van der Waals surface area contributed by atoms with Crippen LogP contribution in [0.15, 0.2) is 47.2 Å². The number of fused-ring (bicyclic) bond motifs is 1. The topological polar surface area (TPSA) is 93.2 Å². The summed E-state index contributed by atoms with van der Waals surface area (Å²) in [6.07, 6.45) is -0.610. The van der Waals surface area contributed by atoms with Gasteiger partial charge in [-0.2, -0.15) is 18.2 Å². The predicted octanol–water partition coefficient (Wildman–Crippen LogP) is 4.37. The zero-order valence-corrected chi connectivity index (χ0v) is 21.7. The number of rotatable bonds is 7. The summed E-state index contributed by atoms with van der Waals surface area (Å²) < 4.78 is 64.3. The van der Waals surface area contributed by atoms with Crippen LogP contribution in [0.5, 0.6) is 0 Å². The van der Waals surface area contributed by atoms with E-state index in [1.54, 1.807) is 54.3 Å². The van der Waals surface area contributed by atoms with Crippen molar-refractivity contribution < 1.29 is 26.9 Å². The average Bonchev–Trinajstić information content (AvgIpc) is 3.57. The molecule has 0 radical (unpaired) electrons. The largest absolute Gasteiger partial charge is 0.406 e. The van der Waals surface area contributed by atoms with E-state index in [0.717, 1.165) is 4.57 Å². The van der Waals surface area contributed by atoms with Gasteiger partial charge in [0.1, 0.15) is 12.2 Å².